The van der Waals surface area contributed by atoms with Gasteiger partial charge in [0, 0.05) is 6.42 Å². The van der Waals surface area contributed by atoms with E-state index >= 15 is 0 Å². The van der Waals surface area contributed by atoms with Crippen LogP contribution in [0.2, 0.25) is 0 Å². The third kappa shape index (κ3) is 3.31. The second-order valence-corrected chi connectivity index (χ2v) is 2.83. The van der Waals surface area contributed by atoms with E-state index in [9.17, 15) is 39.5 Å². The largest absolute Gasteiger partial charge is 0.431 e. The molecule has 0 aromatic heterocycles. The van der Waals surface area contributed by atoms with E-state index in [1.165, 1.54) is 0 Å². The fraction of sp³-hybridized carbons (Fsp3) is 0.714. The SMILES string of the molecule is FC(F)=CCCC(F)(C(F)(F)F)C(F)(F)F. The predicted molar refractivity (Wildman–Crippen MR) is 35.5 cm³/mol. The topological polar surface area (TPSA) is 0 Å². The van der Waals surface area contributed by atoms with Gasteiger partial charge in [0.25, 0.3) is 11.7 Å². The van der Waals surface area contributed by atoms with Gasteiger partial charge in [0.2, 0.25) is 0 Å². The number of allylic oxidation sites excluding steroid dienone is 1. The van der Waals surface area contributed by atoms with E-state index in [1.54, 1.807) is 0 Å². The molecule has 0 fully saturated rings. The van der Waals surface area contributed by atoms with Gasteiger partial charge in [-0.05, 0) is 12.5 Å². The molecule has 0 aliphatic heterocycles. The van der Waals surface area contributed by atoms with Gasteiger partial charge in [-0.3, -0.25) is 0 Å². The minimum atomic E-state index is -6.19. The lowest BCUT2D eigenvalue weighted by Gasteiger charge is -2.29. The summed E-state index contributed by atoms with van der Waals surface area (Å²) in [6, 6.07) is 0. The van der Waals surface area contributed by atoms with Gasteiger partial charge in [-0.15, -0.1) is 0 Å². The standard InChI is InChI=1S/C7H5F9/c8-4(9)2-1-3-5(10,6(11,12)13)7(14,15)16/h2H,1,3H2. The highest BCUT2D eigenvalue weighted by Gasteiger charge is 2.71. The number of hydrogen-bond donors (Lipinski definition) is 0. The van der Waals surface area contributed by atoms with Crippen molar-refractivity contribution in [2.45, 2.75) is 30.9 Å². The number of alkyl halides is 7. The van der Waals surface area contributed by atoms with Crippen LogP contribution in [0.5, 0.6) is 0 Å². The lowest BCUT2D eigenvalue weighted by atomic mass is 9.98. The molecule has 0 aromatic rings. The summed E-state index contributed by atoms with van der Waals surface area (Å²) in [5.41, 5.74) is -5.47. The maximum absolute atomic E-state index is 12.7. The van der Waals surface area contributed by atoms with Crippen LogP contribution in [-0.2, 0) is 0 Å². The van der Waals surface area contributed by atoms with Crippen molar-refractivity contribution < 1.29 is 39.5 Å². The van der Waals surface area contributed by atoms with Crippen LogP contribution in [0.15, 0.2) is 12.2 Å². The molecular formula is C7H5F9. The van der Waals surface area contributed by atoms with Crippen LogP contribution in [0.3, 0.4) is 0 Å². The lowest BCUT2D eigenvalue weighted by Crippen LogP contribution is -2.53. The zero-order chi connectivity index (χ0) is 13.2. The zero-order valence-electron chi connectivity index (χ0n) is 7.39. The summed E-state index contributed by atoms with van der Waals surface area (Å²) >= 11 is 0. The molecule has 0 aromatic carbocycles. The number of rotatable bonds is 3. The second-order valence-electron chi connectivity index (χ2n) is 2.83. The zero-order valence-corrected chi connectivity index (χ0v) is 7.39. The fourth-order valence-corrected chi connectivity index (χ4v) is 0.824. The molecule has 0 saturated carbocycles. The Morgan fingerprint density at radius 3 is 1.44 bits per heavy atom. The van der Waals surface area contributed by atoms with Gasteiger partial charge in [0.1, 0.15) is 0 Å². The molecule has 0 aliphatic carbocycles. The first-order valence-corrected chi connectivity index (χ1v) is 3.75. The van der Waals surface area contributed by atoms with Crippen LogP contribution in [0.25, 0.3) is 0 Å². The summed E-state index contributed by atoms with van der Waals surface area (Å²) in [7, 11) is 0. The summed E-state index contributed by atoms with van der Waals surface area (Å²) in [5, 5.41) is 0. The van der Waals surface area contributed by atoms with Crippen molar-refractivity contribution in [2.24, 2.45) is 0 Å². The van der Waals surface area contributed by atoms with Gasteiger partial charge in [0.15, 0.2) is 0 Å². The minimum absolute atomic E-state index is 0.203. The van der Waals surface area contributed by atoms with Crippen LogP contribution in [0.4, 0.5) is 39.5 Å². The van der Waals surface area contributed by atoms with Gasteiger partial charge in [0.05, 0.1) is 0 Å². The molecule has 0 radical (unpaired) electrons. The molecule has 0 N–H and O–H groups in total. The maximum atomic E-state index is 12.7. The van der Waals surface area contributed by atoms with Crippen LogP contribution in [0, 0.1) is 0 Å². The molecular weight excluding hydrogens is 255 g/mol. The Morgan fingerprint density at radius 1 is 0.812 bits per heavy atom. The Hall–Kier alpha value is -0.890. The predicted octanol–water partition coefficient (Wildman–Crippen LogP) is 4.38. The first kappa shape index (κ1) is 15.1. The summed E-state index contributed by atoms with van der Waals surface area (Å²) in [6.45, 7) is 0. The third-order valence-electron chi connectivity index (χ3n) is 1.69. The first-order chi connectivity index (χ1) is 6.92. The van der Waals surface area contributed by atoms with E-state index in [4.69, 9.17) is 0 Å². The van der Waals surface area contributed by atoms with Crippen LogP contribution < -0.4 is 0 Å². The van der Waals surface area contributed by atoms with Gasteiger partial charge in [-0.1, -0.05) is 0 Å². The highest BCUT2D eigenvalue weighted by molar-refractivity contribution is 4.96. The van der Waals surface area contributed by atoms with E-state index in [1.807, 2.05) is 0 Å². The third-order valence-corrected chi connectivity index (χ3v) is 1.69. The van der Waals surface area contributed by atoms with Crippen molar-refractivity contribution in [3.8, 4) is 0 Å². The van der Waals surface area contributed by atoms with Crippen LogP contribution >= 0.6 is 0 Å². The van der Waals surface area contributed by atoms with E-state index in [-0.39, 0.29) is 6.08 Å². The molecule has 0 atom stereocenters. The molecule has 0 spiro atoms. The minimum Gasteiger partial charge on any atom is -0.224 e. The van der Waals surface area contributed by atoms with Crippen molar-refractivity contribution in [1.82, 2.24) is 0 Å². The molecule has 0 unspecified atom stereocenters. The van der Waals surface area contributed by atoms with Crippen molar-refractivity contribution in [3.63, 3.8) is 0 Å². The van der Waals surface area contributed by atoms with E-state index < -0.39 is 36.9 Å². The molecule has 0 aliphatic rings. The Balaban J connectivity index is 4.92. The summed E-state index contributed by atoms with van der Waals surface area (Å²) in [6.07, 6.45) is -18.5. The van der Waals surface area contributed by atoms with Crippen LogP contribution in [0.1, 0.15) is 12.8 Å². The molecule has 16 heavy (non-hydrogen) atoms. The lowest BCUT2D eigenvalue weighted by molar-refractivity contribution is -0.343. The average Bonchev–Trinajstić information content (AvgIpc) is 1.98. The molecule has 0 amide bonds. The number of halogens is 9. The van der Waals surface area contributed by atoms with Gasteiger partial charge < -0.3 is 0 Å². The van der Waals surface area contributed by atoms with Crippen molar-refractivity contribution in [2.75, 3.05) is 0 Å². The fourth-order valence-electron chi connectivity index (χ4n) is 0.824. The molecule has 0 saturated heterocycles. The molecule has 0 rings (SSSR count). The Bertz CT molecular complexity index is 240. The van der Waals surface area contributed by atoms with Crippen molar-refractivity contribution in [3.05, 3.63) is 12.2 Å². The highest BCUT2D eigenvalue weighted by atomic mass is 19.4. The van der Waals surface area contributed by atoms with E-state index in [0.29, 0.717) is 0 Å². The normalized spacial score (nSPS) is 13.8. The molecule has 0 heterocycles. The smallest absolute Gasteiger partial charge is 0.224 e. The van der Waals surface area contributed by atoms with Gasteiger partial charge in [-0.2, -0.15) is 35.1 Å². The Labute approximate surface area is 83.7 Å². The Morgan fingerprint density at radius 2 is 1.19 bits per heavy atom. The van der Waals surface area contributed by atoms with Crippen molar-refractivity contribution >= 4 is 0 Å². The molecule has 0 bridgehead atoms. The Kier molecular flexibility index (Phi) is 4.29. The van der Waals surface area contributed by atoms with E-state index in [0.717, 1.165) is 0 Å². The summed E-state index contributed by atoms with van der Waals surface area (Å²) < 4.78 is 106. The molecule has 96 valence electrons. The monoisotopic (exact) mass is 260 g/mol. The molecule has 0 nitrogen and oxygen atoms in total. The number of hydrogen-bond acceptors (Lipinski definition) is 0. The van der Waals surface area contributed by atoms with Gasteiger partial charge in [-0.25, -0.2) is 4.39 Å². The highest BCUT2D eigenvalue weighted by Crippen LogP contribution is 2.48. The summed E-state index contributed by atoms with van der Waals surface area (Å²) in [5.74, 6) is 0. The quantitative estimate of drug-likeness (QED) is 0.660. The summed E-state index contributed by atoms with van der Waals surface area (Å²) in [4.78, 5) is 0. The average molecular weight is 260 g/mol. The van der Waals surface area contributed by atoms with Crippen LogP contribution in [-0.4, -0.2) is 18.0 Å². The maximum Gasteiger partial charge on any atom is 0.431 e. The van der Waals surface area contributed by atoms with Crippen molar-refractivity contribution in [1.29, 1.82) is 0 Å². The molecule has 9 heteroatoms. The second kappa shape index (κ2) is 4.54. The van der Waals surface area contributed by atoms with Gasteiger partial charge >= 0.3 is 12.4 Å². The first-order valence-electron chi connectivity index (χ1n) is 3.75. The van der Waals surface area contributed by atoms with E-state index in [2.05, 4.69) is 0 Å².